The molecule has 0 fully saturated rings. The number of benzene rings is 1. The first-order chi connectivity index (χ1) is 10.8. The zero-order valence-corrected chi connectivity index (χ0v) is 15.0. The molecule has 4 N–H and O–H groups in total. The minimum Gasteiger partial charge on any atom is -0.406 e. The smallest absolute Gasteiger partial charge is 0.406 e. The van der Waals surface area contributed by atoms with Crippen LogP contribution in [-0.4, -0.2) is 39.3 Å². The molecule has 0 atom stereocenters. The summed E-state index contributed by atoms with van der Waals surface area (Å²) in [6.45, 7) is 2.99. The van der Waals surface area contributed by atoms with Crippen LogP contribution in [0.3, 0.4) is 0 Å². The molecule has 1 aromatic rings. The van der Waals surface area contributed by atoms with Crippen molar-refractivity contribution in [3.05, 3.63) is 24.3 Å². The van der Waals surface area contributed by atoms with Gasteiger partial charge < -0.3 is 15.8 Å². The first-order valence-electron chi connectivity index (χ1n) is 6.70. The Balaban J connectivity index is 0.00000576. The van der Waals surface area contributed by atoms with Crippen LogP contribution in [0.1, 0.15) is 13.8 Å². The van der Waals surface area contributed by atoms with E-state index in [-0.39, 0.29) is 23.8 Å². The Morgan fingerprint density at radius 1 is 1.20 bits per heavy atom. The molecule has 0 heterocycles. The largest absolute Gasteiger partial charge is 0.573 e. The molecule has 0 bridgehead atoms. The third-order valence-corrected chi connectivity index (χ3v) is 3.95. The number of sulfonamides is 1. The second kappa shape index (κ2) is 8.70. The quantitative estimate of drug-likeness (QED) is 0.630. The van der Waals surface area contributed by atoms with Crippen LogP contribution in [0.25, 0.3) is 0 Å². The maximum Gasteiger partial charge on any atom is 0.573 e. The SMILES string of the molecule is CC(C)(N)CNC(=O)CNS(=O)(=O)c1ccc(OC(F)(F)F)cc1.Cl. The summed E-state index contributed by atoms with van der Waals surface area (Å²) in [5, 5.41) is 2.45. The second-order valence-corrected chi connectivity index (χ2v) is 7.38. The Kier molecular flexibility index (Phi) is 8.15. The molecule has 12 heteroatoms. The molecule has 0 aliphatic carbocycles. The van der Waals surface area contributed by atoms with Gasteiger partial charge in [-0.25, -0.2) is 13.1 Å². The fourth-order valence-electron chi connectivity index (χ4n) is 1.45. The molecule has 0 unspecified atom stereocenters. The number of carbonyl (C=O) groups is 1. The predicted octanol–water partition coefficient (Wildman–Crippen LogP) is 1.14. The van der Waals surface area contributed by atoms with Gasteiger partial charge in [-0.3, -0.25) is 4.79 Å². The van der Waals surface area contributed by atoms with Gasteiger partial charge in [0.15, 0.2) is 0 Å². The van der Waals surface area contributed by atoms with Crippen LogP contribution in [0.15, 0.2) is 29.2 Å². The summed E-state index contributed by atoms with van der Waals surface area (Å²) in [7, 11) is -4.05. The highest BCUT2D eigenvalue weighted by molar-refractivity contribution is 7.89. The predicted molar refractivity (Wildman–Crippen MR) is 86.8 cm³/mol. The van der Waals surface area contributed by atoms with Crippen molar-refractivity contribution in [2.45, 2.75) is 30.6 Å². The van der Waals surface area contributed by atoms with Crippen molar-refractivity contribution < 1.29 is 31.1 Å². The summed E-state index contributed by atoms with van der Waals surface area (Å²) >= 11 is 0. The van der Waals surface area contributed by atoms with Gasteiger partial charge in [0.25, 0.3) is 0 Å². The van der Waals surface area contributed by atoms with E-state index in [0.29, 0.717) is 0 Å². The maximum atomic E-state index is 12.0. The molecule has 1 rings (SSSR count). The van der Waals surface area contributed by atoms with Gasteiger partial charge in [-0.15, -0.1) is 25.6 Å². The number of halogens is 4. The number of nitrogens with one attached hydrogen (secondary N) is 2. The monoisotopic (exact) mass is 405 g/mol. The summed E-state index contributed by atoms with van der Waals surface area (Å²) in [6.07, 6.45) is -4.87. The summed E-state index contributed by atoms with van der Waals surface area (Å²) < 4.78 is 65.7. The van der Waals surface area contributed by atoms with Crippen molar-refractivity contribution in [3.8, 4) is 5.75 Å². The highest BCUT2D eigenvalue weighted by atomic mass is 35.5. The molecule has 0 spiro atoms. The first kappa shape index (κ1) is 23.4. The van der Waals surface area contributed by atoms with Crippen LogP contribution < -0.4 is 20.5 Å². The summed E-state index contributed by atoms with van der Waals surface area (Å²) in [5.74, 6) is -1.14. The summed E-state index contributed by atoms with van der Waals surface area (Å²) in [4.78, 5) is 11.2. The van der Waals surface area contributed by atoms with Gasteiger partial charge in [-0.2, -0.15) is 0 Å². The van der Waals surface area contributed by atoms with Crippen molar-refractivity contribution in [2.75, 3.05) is 13.1 Å². The Morgan fingerprint density at radius 2 is 1.72 bits per heavy atom. The van der Waals surface area contributed by atoms with Crippen molar-refractivity contribution in [3.63, 3.8) is 0 Å². The van der Waals surface area contributed by atoms with Gasteiger partial charge in [-0.1, -0.05) is 0 Å². The Hall–Kier alpha value is -1.56. The van der Waals surface area contributed by atoms with Crippen LogP contribution in [0.2, 0.25) is 0 Å². The zero-order valence-electron chi connectivity index (χ0n) is 13.4. The molecule has 144 valence electrons. The fourth-order valence-corrected chi connectivity index (χ4v) is 2.44. The number of ether oxygens (including phenoxy) is 1. The van der Waals surface area contributed by atoms with Crippen LogP contribution in [-0.2, 0) is 14.8 Å². The molecular formula is C13H19ClF3N3O4S. The molecule has 0 saturated carbocycles. The number of amides is 1. The van der Waals surface area contributed by atoms with E-state index >= 15 is 0 Å². The number of nitrogens with two attached hydrogens (primary N) is 1. The van der Waals surface area contributed by atoms with Gasteiger partial charge >= 0.3 is 6.36 Å². The van der Waals surface area contributed by atoms with E-state index < -0.39 is 40.1 Å². The molecule has 1 amide bonds. The number of rotatable bonds is 7. The van der Waals surface area contributed by atoms with E-state index in [2.05, 4.69) is 10.1 Å². The van der Waals surface area contributed by atoms with Gasteiger partial charge in [0.05, 0.1) is 11.4 Å². The van der Waals surface area contributed by atoms with Crippen molar-refractivity contribution in [2.24, 2.45) is 5.73 Å². The third kappa shape index (κ3) is 9.48. The normalized spacial score (nSPS) is 12.2. The Labute approximate surface area is 149 Å². The summed E-state index contributed by atoms with van der Waals surface area (Å²) in [5.41, 5.74) is 5.02. The molecule has 0 aliphatic heterocycles. The molecule has 0 saturated heterocycles. The number of alkyl halides is 3. The van der Waals surface area contributed by atoms with E-state index in [1.54, 1.807) is 13.8 Å². The van der Waals surface area contributed by atoms with E-state index in [1.807, 2.05) is 4.72 Å². The van der Waals surface area contributed by atoms with Crippen molar-refractivity contribution in [1.29, 1.82) is 0 Å². The molecule has 25 heavy (non-hydrogen) atoms. The topological polar surface area (TPSA) is 111 Å². The number of hydrogen-bond donors (Lipinski definition) is 3. The number of hydrogen-bond acceptors (Lipinski definition) is 5. The molecular weight excluding hydrogens is 387 g/mol. The molecule has 0 aliphatic rings. The lowest BCUT2D eigenvalue weighted by molar-refractivity contribution is -0.274. The number of carbonyl (C=O) groups excluding carboxylic acids is 1. The van der Waals surface area contributed by atoms with Gasteiger partial charge in [0.1, 0.15) is 5.75 Å². The van der Waals surface area contributed by atoms with Crippen LogP contribution >= 0.6 is 12.4 Å². The average Bonchev–Trinajstić information content (AvgIpc) is 2.41. The Bertz CT molecular complexity index is 673. The van der Waals surface area contributed by atoms with Crippen molar-refractivity contribution in [1.82, 2.24) is 10.0 Å². The van der Waals surface area contributed by atoms with Crippen LogP contribution in [0, 0.1) is 0 Å². The van der Waals surface area contributed by atoms with Crippen LogP contribution in [0.4, 0.5) is 13.2 Å². The van der Waals surface area contributed by atoms with Gasteiger partial charge in [0.2, 0.25) is 15.9 Å². The Morgan fingerprint density at radius 3 is 2.16 bits per heavy atom. The average molecular weight is 406 g/mol. The molecule has 0 radical (unpaired) electrons. The maximum absolute atomic E-state index is 12.0. The van der Waals surface area contributed by atoms with Crippen molar-refractivity contribution >= 4 is 28.3 Å². The highest BCUT2D eigenvalue weighted by Gasteiger charge is 2.31. The first-order valence-corrected chi connectivity index (χ1v) is 8.18. The van der Waals surface area contributed by atoms with E-state index in [1.165, 1.54) is 0 Å². The second-order valence-electron chi connectivity index (χ2n) is 5.61. The van der Waals surface area contributed by atoms with Gasteiger partial charge in [0, 0.05) is 12.1 Å². The summed E-state index contributed by atoms with van der Waals surface area (Å²) in [6, 6.07) is 3.59. The zero-order chi connectivity index (χ0) is 18.6. The standard InChI is InChI=1S/C13H18F3N3O4S.ClH/c1-12(2,17)8-18-11(20)7-19-24(21,22)10-5-3-9(4-6-10)23-13(14,15)16;/h3-6,19H,7-8,17H2,1-2H3,(H,18,20);1H. The minimum atomic E-state index is -4.87. The third-order valence-electron chi connectivity index (χ3n) is 2.53. The van der Waals surface area contributed by atoms with Gasteiger partial charge in [-0.05, 0) is 38.1 Å². The lowest BCUT2D eigenvalue weighted by atomic mass is 10.1. The fraction of sp³-hybridized carbons (Fsp3) is 0.462. The lowest BCUT2D eigenvalue weighted by Crippen LogP contribution is -2.47. The molecule has 7 nitrogen and oxygen atoms in total. The van der Waals surface area contributed by atoms with Crippen LogP contribution in [0.5, 0.6) is 5.75 Å². The van der Waals surface area contributed by atoms with E-state index in [0.717, 1.165) is 24.3 Å². The van der Waals surface area contributed by atoms with E-state index in [4.69, 9.17) is 5.73 Å². The lowest BCUT2D eigenvalue weighted by Gasteiger charge is -2.18. The highest BCUT2D eigenvalue weighted by Crippen LogP contribution is 2.23. The molecule has 0 aromatic heterocycles. The minimum absolute atomic E-state index is 0. The van der Waals surface area contributed by atoms with E-state index in [9.17, 15) is 26.4 Å². The molecule has 1 aromatic carbocycles.